The second-order valence-corrected chi connectivity index (χ2v) is 4.64. The van der Waals surface area contributed by atoms with Gasteiger partial charge >= 0.3 is 5.97 Å². The van der Waals surface area contributed by atoms with Gasteiger partial charge in [0.2, 0.25) is 0 Å². The highest BCUT2D eigenvalue weighted by atomic mass is 19.1. The fourth-order valence-electron chi connectivity index (χ4n) is 1.79. The number of halogens is 3. The second-order valence-electron chi connectivity index (χ2n) is 4.64. The molecule has 0 fully saturated rings. The van der Waals surface area contributed by atoms with E-state index in [1.165, 1.54) is 18.2 Å². The number of carbonyl (C=O) groups excluding carboxylic acids is 2. The van der Waals surface area contributed by atoms with Crippen LogP contribution in [0.4, 0.5) is 13.2 Å². The fraction of sp³-hybridized carbons (Fsp3) is 0.125. The lowest BCUT2D eigenvalue weighted by atomic mass is 10.2. The molecule has 0 aliphatic heterocycles. The maximum absolute atomic E-state index is 13.0. The Kier molecular flexibility index (Phi) is 5.35. The number of amides is 1. The Hall–Kier alpha value is -2.83. The van der Waals surface area contributed by atoms with Gasteiger partial charge in [0, 0.05) is 12.6 Å². The van der Waals surface area contributed by atoms with E-state index in [0.29, 0.717) is 6.07 Å². The highest BCUT2D eigenvalue weighted by Gasteiger charge is 2.11. The molecule has 0 heterocycles. The van der Waals surface area contributed by atoms with Crippen molar-refractivity contribution in [1.29, 1.82) is 0 Å². The first-order valence-corrected chi connectivity index (χ1v) is 6.58. The zero-order valence-corrected chi connectivity index (χ0v) is 11.8. The van der Waals surface area contributed by atoms with Crippen molar-refractivity contribution >= 4 is 11.9 Å². The van der Waals surface area contributed by atoms with Crippen LogP contribution in [0.15, 0.2) is 42.5 Å². The van der Waals surface area contributed by atoms with Crippen molar-refractivity contribution in [2.45, 2.75) is 6.54 Å². The van der Waals surface area contributed by atoms with Crippen LogP contribution in [0.5, 0.6) is 0 Å². The van der Waals surface area contributed by atoms with Gasteiger partial charge < -0.3 is 10.1 Å². The molecule has 0 aromatic heterocycles. The third-order valence-electron chi connectivity index (χ3n) is 2.81. The van der Waals surface area contributed by atoms with Gasteiger partial charge in [0.15, 0.2) is 6.61 Å². The number of esters is 1. The monoisotopic (exact) mass is 323 g/mol. The summed E-state index contributed by atoms with van der Waals surface area (Å²) in [5, 5.41) is 2.35. The highest BCUT2D eigenvalue weighted by molar-refractivity contribution is 5.91. The molecule has 0 radical (unpaired) electrons. The number of rotatable bonds is 5. The minimum absolute atomic E-state index is 0.0231. The molecule has 7 heteroatoms. The van der Waals surface area contributed by atoms with E-state index in [0.717, 1.165) is 18.2 Å². The molecule has 0 aliphatic rings. The summed E-state index contributed by atoms with van der Waals surface area (Å²) in [6.07, 6.45) is 0. The van der Waals surface area contributed by atoms with E-state index >= 15 is 0 Å². The summed E-state index contributed by atoms with van der Waals surface area (Å²) < 4.78 is 43.6. The molecule has 0 spiro atoms. The zero-order chi connectivity index (χ0) is 16.8. The van der Waals surface area contributed by atoms with E-state index in [2.05, 4.69) is 5.32 Å². The Balaban J connectivity index is 1.82. The number of carbonyl (C=O) groups is 2. The summed E-state index contributed by atoms with van der Waals surface area (Å²) in [4.78, 5) is 23.1. The van der Waals surface area contributed by atoms with Crippen LogP contribution in [0.25, 0.3) is 0 Å². The van der Waals surface area contributed by atoms with Crippen LogP contribution in [0.1, 0.15) is 15.9 Å². The molecular weight excluding hydrogens is 311 g/mol. The third kappa shape index (κ3) is 5.14. The van der Waals surface area contributed by atoms with Gasteiger partial charge in [-0.1, -0.05) is 6.07 Å². The lowest BCUT2D eigenvalue weighted by molar-refractivity contribution is -0.124. The van der Waals surface area contributed by atoms with Crippen molar-refractivity contribution in [2.24, 2.45) is 0 Å². The Morgan fingerprint density at radius 2 is 1.65 bits per heavy atom. The molecule has 0 saturated carbocycles. The summed E-state index contributed by atoms with van der Waals surface area (Å²) in [6.45, 7) is -0.710. The van der Waals surface area contributed by atoms with Gasteiger partial charge in [0.25, 0.3) is 5.91 Å². The van der Waals surface area contributed by atoms with Gasteiger partial charge in [0.1, 0.15) is 17.5 Å². The summed E-state index contributed by atoms with van der Waals surface area (Å²) in [5.74, 6) is -3.62. The van der Waals surface area contributed by atoms with Crippen LogP contribution >= 0.6 is 0 Å². The normalized spacial score (nSPS) is 10.2. The van der Waals surface area contributed by atoms with Crippen LogP contribution < -0.4 is 5.32 Å². The summed E-state index contributed by atoms with van der Waals surface area (Å²) in [5.41, 5.74) is 0.206. The first-order chi connectivity index (χ1) is 10.9. The number of ether oxygens (including phenoxy) is 1. The maximum atomic E-state index is 13.0. The topological polar surface area (TPSA) is 55.4 Å². The Morgan fingerprint density at radius 3 is 2.30 bits per heavy atom. The van der Waals surface area contributed by atoms with Gasteiger partial charge in [-0.15, -0.1) is 0 Å². The molecular formula is C16H12F3NO3. The summed E-state index contributed by atoms with van der Waals surface area (Å²) >= 11 is 0. The molecule has 2 rings (SSSR count). The number of benzene rings is 2. The SMILES string of the molecule is O=C(COC(=O)c1cccc(F)c1)NCc1cc(F)cc(F)c1. The van der Waals surface area contributed by atoms with Gasteiger partial charge in [-0.25, -0.2) is 18.0 Å². The summed E-state index contributed by atoms with van der Waals surface area (Å²) in [7, 11) is 0. The molecule has 0 aliphatic carbocycles. The van der Waals surface area contributed by atoms with Crippen LogP contribution in [0.3, 0.4) is 0 Å². The Bertz CT molecular complexity index is 714. The molecule has 0 bridgehead atoms. The first kappa shape index (κ1) is 16.5. The van der Waals surface area contributed by atoms with Crippen LogP contribution in [-0.2, 0) is 16.1 Å². The average molecular weight is 323 g/mol. The van der Waals surface area contributed by atoms with E-state index in [9.17, 15) is 22.8 Å². The van der Waals surface area contributed by atoms with Crippen molar-refractivity contribution < 1.29 is 27.5 Å². The van der Waals surface area contributed by atoms with Crippen molar-refractivity contribution in [2.75, 3.05) is 6.61 Å². The first-order valence-electron chi connectivity index (χ1n) is 6.58. The van der Waals surface area contributed by atoms with E-state index < -0.39 is 35.9 Å². The van der Waals surface area contributed by atoms with E-state index in [4.69, 9.17) is 4.74 Å². The average Bonchev–Trinajstić information content (AvgIpc) is 2.49. The lowest BCUT2D eigenvalue weighted by Crippen LogP contribution is -2.28. The van der Waals surface area contributed by atoms with Gasteiger partial charge in [-0.05, 0) is 35.9 Å². The predicted octanol–water partition coefficient (Wildman–Crippen LogP) is 2.58. The van der Waals surface area contributed by atoms with Crippen LogP contribution in [-0.4, -0.2) is 18.5 Å². The van der Waals surface area contributed by atoms with Gasteiger partial charge in [-0.3, -0.25) is 4.79 Å². The molecule has 1 N–H and O–H groups in total. The van der Waals surface area contributed by atoms with E-state index in [1.807, 2.05) is 0 Å². The molecule has 1 amide bonds. The Morgan fingerprint density at radius 1 is 0.957 bits per heavy atom. The largest absolute Gasteiger partial charge is 0.452 e. The van der Waals surface area contributed by atoms with E-state index in [1.54, 1.807) is 0 Å². The molecule has 23 heavy (non-hydrogen) atoms. The molecule has 0 unspecified atom stereocenters. The van der Waals surface area contributed by atoms with Crippen molar-refractivity contribution in [3.63, 3.8) is 0 Å². The predicted molar refractivity (Wildman–Crippen MR) is 74.9 cm³/mol. The van der Waals surface area contributed by atoms with Gasteiger partial charge in [0.05, 0.1) is 5.56 Å². The minimum atomic E-state index is -0.851. The second kappa shape index (κ2) is 7.44. The van der Waals surface area contributed by atoms with Crippen LogP contribution in [0.2, 0.25) is 0 Å². The highest BCUT2D eigenvalue weighted by Crippen LogP contribution is 2.08. The minimum Gasteiger partial charge on any atom is -0.452 e. The Labute approximate surface area is 129 Å². The number of hydrogen-bond acceptors (Lipinski definition) is 3. The van der Waals surface area contributed by atoms with Crippen molar-refractivity contribution in [1.82, 2.24) is 5.32 Å². The lowest BCUT2D eigenvalue weighted by Gasteiger charge is -2.07. The van der Waals surface area contributed by atoms with Crippen LogP contribution in [0, 0.1) is 17.5 Å². The molecule has 2 aromatic carbocycles. The standard InChI is InChI=1S/C16H12F3NO3/c17-12-3-1-2-11(6-12)16(22)23-9-15(21)20-8-10-4-13(18)7-14(19)5-10/h1-7H,8-9H2,(H,20,21). The van der Waals surface area contributed by atoms with Crippen molar-refractivity contribution in [3.05, 3.63) is 71.0 Å². The molecule has 0 atom stereocenters. The number of nitrogens with one attached hydrogen (secondary N) is 1. The molecule has 120 valence electrons. The molecule has 0 saturated heterocycles. The van der Waals surface area contributed by atoms with Gasteiger partial charge in [-0.2, -0.15) is 0 Å². The quantitative estimate of drug-likeness (QED) is 0.861. The molecule has 4 nitrogen and oxygen atoms in total. The zero-order valence-electron chi connectivity index (χ0n) is 11.8. The van der Waals surface area contributed by atoms with Crippen molar-refractivity contribution in [3.8, 4) is 0 Å². The fourth-order valence-corrected chi connectivity index (χ4v) is 1.79. The van der Waals surface area contributed by atoms with E-state index in [-0.39, 0.29) is 17.7 Å². The number of hydrogen-bond donors (Lipinski definition) is 1. The smallest absolute Gasteiger partial charge is 0.338 e. The molecule has 2 aromatic rings. The maximum Gasteiger partial charge on any atom is 0.338 e. The summed E-state index contributed by atoms with van der Waals surface area (Å²) in [6, 6.07) is 7.69. The third-order valence-corrected chi connectivity index (χ3v) is 2.81.